The maximum Gasteiger partial charge on any atom is 0.251 e. The Bertz CT molecular complexity index is 328. The third-order valence-corrected chi connectivity index (χ3v) is 4.86. The van der Waals surface area contributed by atoms with Crippen molar-refractivity contribution in [3.05, 3.63) is 0 Å². The highest BCUT2D eigenvalue weighted by molar-refractivity contribution is 5.80. The Morgan fingerprint density at radius 1 is 1.35 bits per heavy atom. The van der Waals surface area contributed by atoms with E-state index in [0.717, 1.165) is 45.2 Å². The molecule has 1 amide bonds. The molecule has 0 aromatic carbocycles. The van der Waals surface area contributed by atoms with Gasteiger partial charge < -0.3 is 15.4 Å². The summed E-state index contributed by atoms with van der Waals surface area (Å²) in [5, 5.41) is 0. The molecule has 0 bridgehead atoms. The second kappa shape index (κ2) is 6.90. The van der Waals surface area contributed by atoms with Crippen LogP contribution >= 0.6 is 0 Å². The average Bonchev–Trinajstić information content (AvgIpc) is 2.47. The van der Waals surface area contributed by atoms with E-state index in [1.165, 1.54) is 12.8 Å². The van der Waals surface area contributed by atoms with Gasteiger partial charge in [0.2, 0.25) is 0 Å². The summed E-state index contributed by atoms with van der Waals surface area (Å²) in [5.41, 5.74) is 5.70. The molecule has 0 aromatic rings. The lowest BCUT2D eigenvalue weighted by Gasteiger charge is -2.41. The third kappa shape index (κ3) is 3.73. The number of nitrogens with zero attached hydrogens (tertiary/aromatic N) is 1. The molecule has 2 rings (SSSR count). The number of carbonyl (C=O) groups is 1. The molecule has 116 valence electrons. The topological polar surface area (TPSA) is 55.6 Å². The van der Waals surface area contributed by atoms with Crippen LogP contribution in [0.1, 0.15) is 58.8 Å². The van der Waals surface area contributed by atoms with Gasteiger partial charge in [-0.25, -0.2) is 0 Å². The van der Waals surface area contributed by atoms with E-state index >= 15 is 0 Å². The SMILES string of the molecule is CC1CCCC(CN)(OC(C)C(=O)N2CCCCC2)C1. The van der Waals surface area contributed by atoms with Gasteiger partial charge >= 0.3 is 0 Å². The summed E-state index contributed by atoms with van der Waals surface area (Å²) in [5.74, 6) is 0.792. The number of amides is 1. The molecule has 4 nitrogen and oxygen atoms in total. The van der Waals surface area contributed by atoms with Crippen molar-refractivity contribution in [2.24, 2.45) is 11.7 Å². The Balaban J connectivity index is 1.94. The molecule has 1 aliphatic heterocycles. The van der Waals surface area contributed by atoms with Gasteiger partial charge in [-0.15, -0.1) is 0 Å². The number of rotatable bonds is 4. The van der Waals surface area contributed by atoms with Crippen LogP contribution in [0.3, 0.4) is 0 Å². The van der Waals surface area contributed by atoms with Crippen molar-refractivity contribution in [2.75, 3.05) is 19.6 Å². The summed E-state index contributed by atoms with van der Waals surface area (Å²) in [6.45, 7) is 6.45. The fraction of sp³-hybridized carbons (Fsp3) is 0.938. The van der Waals surface area contributed by atoms with Crippen LogP contribution in [0.25, 0.3) is 0 Å². The number of hydrogen-bond donors (Lipinski definition) is 1. The van der Waals surface area contributed by atoms with Crippen molar-refractivity contribution in [2.45, 2.75) is 70.5 Å². The number of piperidine rings is 1. The molecule has 20 heavy (non-hydrogen) atoms. The predicted molar refractivity (Wildman–Crippen MR) is 80.4 cm³/mol. The largest absolute Gasteiger partial charge is 0.361 e. The van der Waals surface area contributed by atoms with E-state index in [-0.39, 0.29) is 17.6 Å². The first kappa shape index (κ1) is 15.8. The van der Waals surface area contributed by atoms with Crippen molar-refractivity contribution < 1.29 is 9.53 Å². The van der Waals surface area contributed by atoms with Gasteiger partial charge in [0.1, 0.15) is 6.10 Å². The smallest absolute Gasteiger partial charge is 0.251 e. The van der Waals surface area contributed by atoms with Gasteiger partial charge in [0.15, 0.2) is 0 Å². The molecule has 1 saturated heterocycles. The summed E-state index contributed by atoms with van der Waals surface area (Å²) in [7, 11) is 0. The first-order valence-electron chi connectivity index (χ1n) is 8.23. The zero-order valence-electron chi connectivity index (χ0n) is 13.1. The van der Waals surface area contributed by atoms with Crippen LogP contribution in [0.5, 0.6) is 0 Å². The van der Waals surface area contributed by atoms with Gasteiger partial charge in [-0.2, -0.15) is 0 Å². The third-order valence-electron chi connectivity index (χ3n) is 4.86. The van der Waals surface area contributed by atoms with Gasteiger partial charge in [0.05, 0.1) is 5.60 Å². The molecule has 1 heterocycles. The molecular weight excluding hydrogens is 252 g/mol. The first-order chi connectivity index (χ1) is 9.56. The van der Waals surface area contributed by atoms with Gasteiger partial charge in [-0.3, -0.25) is 4.79 Å². The van der Waals surface area contributed by atoms with E-state index in [2.05, 4.69) is 6.92 Å². The van der Waals surface area contributed by atoms with Crippen molar-refractivity contribution in [1.82, 2.24) is 4.90 Å². The van der Waals surface area contributed by atoms with Crippen LogP contribution in [0, 0.1) is 5.92 Å². The number of ether oxygens (including phenoxy) is 1. The quantitative estimate of drug-likeness (QED) is 0.861. The van der Waals surface area contributed by atoms with E-state index in [0.29, 0.717) is 12.5 Å². The van der Waals surface area contributed by atoms with E-state index in [1.807, 2.05) is 11.8 Å². The fourth-order valence-electron chi connectivity index (χ4n) is 3.75. The van der Waals surface area contributed by atoms with Crippen molar-refractivity contribution in [3.63, 3.8) is 0 Å². The van der Waals surface area contributed by atoms with Crippen molar-refractivity contribution >= 4 is 5.91 Å². The van der Waals surface area contributed by atoms with E-state index < -0.39 is 0 Å². The molecule has 2 fully saturated rings. The monoisotopic (exact) mass is 282 g/mol. The minimum absolute atomic E-state index is 0.149. The highest BCUT2D eigenvalue weighted by Crippen LogP contribution is 2.35. The second-order valence-electron chi connectivity index (χ2n) is 6.73. The Kier molecular flexibility index (Phi) is 5.44. The molecule has 1 saturated carbocycles. The van der Waals surface area contributed by atoms with Gasteiger partial charge in [0, 0.05) is 19.6 Å². The fourth-order valence-corrected chi connectivity index (χ4v) is 3.75. The summed E-state index contributed by atoms with van der Waals surface area (Å²) in [4.78, 5) is 14.4. The molecule has 0 aromatic heterocycles. The molecule has 0 radical (unpaired) electrons. The summed E-state index contributed by atoms with van der Waals surface area (Å²) in [6.07, 6.45) is 7.51. The normalized spacial score (nSPS) is 33.0. The van der Waals surface area contributed by atoms with Crippen LogP contribution in [0.15, 0.2) is 0 Å². The predicted octanol–water partition coefficient (Wildman–Crippen LogP) is 2.31. The van der Waals surface area contributed by atoms with E-state index in [1.54, 1.807) is 0 Å². The van der Waals surface area contributed by atoms with Crippen LogP contribution in [0.2, 0.25) is 0 Å². The Labute approximate surface area is 123 Å². The van der Waals surface area contributed by atoms with Crippen LogP contribution in [-0.2, 0) is 9.53 Å². The maximum atomic E-state index is 12.5. The number of nitrogens with two attached hydrogens (primary N) is 1. The van der Waals surface area contributed by atoms with Crippen LogP contribution < -0.4 is 5.73 Å². The zero-order chi connectivity index (χ0) is 14.6. The Morgan fingerprint density at radius 2 is 2.05 bits per heavy atom. The van der Waals surface area contributed by atoms with Crippen molar-refractivity contribution in [1.29, 1.82) is 0 Å². The lowest BCUT2D eigenvalue weighted by Crippen LogP contribution is -2.50. The minimum Gasteiger partial charge on any atom is -0.361 e. The number of carbonyl (C=O) groups excluding carboxylic acids is 1. The summed E-state index contributed by atoms with van der Waals surface area (Å²) >= 11 is 0. The Morgan fingerprint density at radius 3 is 2.65 bits per heavy atom. The summed E-state index contributed by atoms with van der Waals surface area (Å²) < 4.78 is 6.20. The number of hydrogen-bond acceptors (Lipinski definition) is 3. The van der Waals surface area contributed by atoms with Crippen LogP contribution in [0.4, 0.5) is 0 Å². The Hall–Kier alpha value is -0.610. The first-order valence-corrected chi connectivity index (χ1v) is 8.23. The standard InChI is InChI=1S/C16H30N2O2/c1-13-7-6-8-16(11-13,12-17)20-14(2)15(19)18-9-4-3-5-10-18/h13-14H,3-12,17H2,1-2H3. The lowest BCUT2D eigenvalue weighted by molar-refractivity contribution is -0.161. The van der Waals surface area contributed by atoms with Crippen LogP contribution in [-0.4, -0.2) is 42.1 Å². The average molecular weight is 282 g/mol. The zero-order valence-corrected chi connectivity index (χ0v) is 13.1. The summed E-state index contributed by atoms with van der Waals surface area (Å²) in [6, 6.07) is 0. The van der Waals surface area contributed by atoms with Crippen molar-refractivity contribution in [3.8, 4) is 0 Å². The van der Waals surface area contributed by atoms with E-state index in [9.17, 15) is 4.79 Å². The van der Waals surface area contributed by atoms with E-state index in [4.69, 9.17) is 10.5 Å². The van der Waals surface area contributed by atoms with Gasteiger partial charge in [-0.05, 0) is 44.9 Å². The highest BCUT2D eigenvalue weighted by atomic mass is 16.5. The molecule has 3 atom stereocenters. The number of likely N-dealkylation sites (tertiary alicyclic amines) is 1. The van der Waals surface area contributed by atoms with Gasteiger partial charge in [0.25, 0.3) is 5.91 Å². The molecule has 0 spiro atoms. The molecule has 4 heteroatoms. The molecule has 3 unspecified atom stereocenters. The molecule has 2 N–H and O–H groups in total. The molecular formula is C16H30N2O2. The minimum atomic E-state index is -0.359. The second-order valence-corrected chi connectivity index (χ2v) is 6.73. The highest BCUT2D eigenvalue weighted by Gasteiger charge is 2.38. The molecule has 1 aliphatic carbocycles. The lowest BCUT2D eigenvalue weighted by atomic mass is 9.78. The maximum absolute atomic E-state index is 12.5. The molecule has 2 aliphatic rings. The van der Waals surface area contributed by atoms with Gasteiger partial charge in [-0.1, -0.05) is 19.8 Å².